The van der Waals surface area contributed by atoms with Crippen LogP contribution in [0, 0.1) is 11.3 Å². The Bertz CT molecular complexity index is 1420. The zero-order valence-electron chi connectivity index (χ0n) is 21.1. The lowest BCUT2D eigenvalue weighted by Gasteiger charge is -2.51. The van der Waals surface area contributed by atoms with Gasteiger partial charge in [-0.1, -0.05) is 54.6 Å². The number of amides is 1. The van der Waals surface area contributed by atoms with E-state index in [1.165, 1.54) is 6.07 Å². The second kappa shape index (κ2) is 9.42. The van der Waals surface area contributed by atoms with E-state index in [9.17, 15) is 23.1 Å². The number of hydrogen-bond donors (Lipinski definition) is 1. The number of ether oxygens (including phenoxy) is 1. The molecular weight excluding hydrogens is 505 g/mol. The third-order valence-electron chi connectivity index (χ3n) is 8.54. The average molecular weight is 533 g/mol. The molecule has 6 rings (SSSR count). The first kappa shape index (κ1) is 25.4. The van der Waals surface area contributed by atoms with E-state index >= 15 is 0 Å². The van der Waals surface area contributed by atoms with Gasteiger partial charge in [0, 0.05) is 30.8 Å². The molecule has 2 heterocycles. The van der Waals surface area contributed by atoms with Crippen molar-refractivity contribution in [1.29, 1.82) is 5.26 Å². The summed E-state index contributed by atoms with van der Waals surface area (Å²) in [6, 6.07) is 20.4. The number of benzene rings is 3. The average Bonchev–Trinajstić information content (AvgIpc) is 3.24. The number of nitrogens with zero attached hydrogens (tertiary/aromatic N) is 2. The van der Waals surface area contributed by atoms with E-state index in [4.69, 9.17) is 10.00 Å². The molecule has 2 bridgehead atoms. The van der Waals surface area contributed by atoms with Crippen LogP contribution in [-0.2, 0) is 16.5 Å². The van der Waals surface area contributed by atoms with Gasteiger partial charge in [0.2, 0.25) is 0 Å². The highest BCUT2D eigenvalue weighted by atomic mass is 19.4. The SMILES string of the molecule is N#Cc1ccc(C2(O)CC3CCCC(C2)N3C(=O)OCC2c3ccccc3-c3ccccc32)cc1C(F)(F)F. The Kier molecular flexibility index (Phi) is 6.15. The predicted octanol–water partition coefficient (Wildman–Crippen LogP) is 6.73. The molecule has 1 amide bonds. The number of alkyl halides is 3. The fourth-order valence-corrected chi connectivity index (χ4v) is 6.80. The highest BCUT2D eigenvalue weighted by molar-refractivity contribution is 5.79. The van der Waals surface area contributed by atoms with E-state index in [1.807, 2.05) is 24.3 Å². The lowest BCUT2D eigenvalue weighted by atomic mass is 9.72. The first-order chi connectivity index (χ1) is 18.7. The van der Waals surface area contributed by atoms with Crippen molar-refractivity contribution < 1.29 is 27.8 Å². The molecule has 8 heteroatoms. The first-order valence-electron chi connectivity index (χ1n) is 13.2. The van der Waals surface area contributed by atoms with Crippen molar-refractivity contribution in [1.82, 2.24) is 4.90 Å². The molecule has 39 heavy (non-hydrogen) atoms. The third-order valence-corrected chi connectivity index (χ3v) is 8.54. The maximum absolute atomic E-state index is 13.6. The summed E-state index contributed by atoms with van der Waals surface area (Å²) in [6.07, 6.45) is -2.83. The Labute approximate surface area is 224 Å². The highest BCUT2D eigenvalue weighted by Gasteiger charge is 2.49. The van der Waals surface area contributed by atoms with Crippen LogP contribution >= 0.6 is 0 Å². The molecular formula is C31H27F3N2O3. The van der Waals surface area contributed by atoms with Crippen LogP contribution in [0.5, 0.6) is 0 Å². The van der Waals surface area contributed by atoms with Gasteiger partial charge in [-0.25, -0.2) is 4.79 Å². The molecule has 2 atom stereocenters. The van der Waals surface area contributed by atoms with Crippen LogP contribution in [0.2, 0.25) is 0 Å². The molecule has 0 aromatic heterocycles. The van der Waals surface area contributed by atoms with E-state index in [2.05, 4.69) is 24.3 Å². The zero-order valence-corrected chi connectivity index (χ0v) is 21.1. The summed E-state index contributed by atoms with van der Waals surface area (Å²) in [6.45, 7) is 0.178. The van der Waals surface area contributed by atoms with E-state index in [-0.39, 0.29) is 43.0 Å². The van der Waals surface area contributed by atoms with Crippen molar-refractivity contribution in [3.8, 4) is 17.2 Å². The highest BCUT2D eigenvalue weighted by Crippen LogP contribution is 2.47. The standard InChI is InChI=1S/C31H27F3N2O3/c32-31(33,34)28-14-20(13-12-19(28)17-35)30(38)15-21-6-5-7-22(16-30)36(21)29(37)39-18-27-25-10-3-1-8-23(25)24-9-2-4-11-26(24)27/h1-4,8-14,21-22,27,38H,5-7,15-16,18H2. The minimum atomic E-state index is -4.71. The Morgan fingerprint density at radius 1 is 1.00 bits per heavy atom. The number of hydrogen-bond acceptors (Lipinski definition) is 4. The summed E-state index contributed by atoms with van der Waals surface area (Å²) < 4.78 is 46.7. The molecule has 1 aliphatic carbocycles. The van der Waals surface area contributed by atoms with E-state index in [0.717, 1.165) is 40.8 Å². The molecule has 0 spiro atoms. The number of piperidine rings is 2. The second-order valence-corrected chi connectivity index (χ2v) is 10.8. The quantitative estimate of drug-likeness (QED) is 0.406. The molecule has 1 N–H and O–H groups in total. The summed E-state index contributed by atoms with van der Waals surface area (Å²) in [5.74, 6) is -0.0812. The summed E-state index contributed by atoms with van der Waals surface area (Å²) in [5, 5.41) is 20.7. The molecule has 200 valence electrons. The molecule has 3 aromatic carbocycles. The molecule has 0 radical (unpaired) electrons. The van der Waals surface area contributed by atoms with Crippen LogP contribution in [0.4, 0.5) is 18.0 Å². The van der Waals surface area contributed by atoms with Gasteiger partial charge in [-0.15, -0.1) is 0 Å². The van der Waals surface area contributed by atoms with Crippen molar-refractivity contribution in [3.63, 3.8) is 0 Å². The van der Waals surface area contributed by atoms with Crippen LogP contribution in [0.25, 0.3) is 11.1 Å². The van der Waals surface area contributed by atoms with Gasteiger partial charge in [0.1, 0.15) is 6.61 Å². The van der Waals surface area contributed by atoms with Crippen LogP contribution in [0.3, 0.4) is 0 Å². The number of carbonyl (C=O) groups excluding carboxylic acids is 1. The summed E-state index contributed by atoms with van der Waals surface area (Å²) in [7, 11) is 0. The summed E-state index contributed by atoms with van der Waals surface area (Å²) in [5.41, 5.74) is 1.54. The van der Waals surface area contributed by atoms with Gasteiger partial charge >= 0.3 is 12.3 Å². The fraction of sp³-hybridized carbons (Fsp3) is 0.355. The van der Waals surface area contributed by atoms with Crippen LogP contribution < -0.4 is 0 Å². The number of fused-ring (bicyclic) bond motifs is 5. The summed E-state index contributed by atoms with van der Waals surface area (Å²) in [4.78, 5) is 15.1. The number of aliphatic hydroxyl groups is 1. The second-order valence-electron chi connectivity index (χ2n) is 10.8. The molecule has 2 saturated heterocycles. The van der Waals surface area contributed by atoms with Crippen LogP contribution in [0.1, 0.15) is 65.8 Å². The van der Waals surface area contributed by atoms with Gasteiger partial charge in [-0.05, 0) is 59.2 Å². The molecule has 2 unspecified atom stereocenters. The largest absolute Gasteiger partial charge is 0.448 e. The number of carbonyl (C=O) groups is 1. The maximum atomic E-state index is 13.6. The number of nitriles is 1. The normalized spacial score (nSPS) is 24.0. The van der Waals surface area contributed by atoms with Crippen molar-refractivity contribution >= 4 is 6.09 Å². The lowest BCUT2D eigenvalue weighted by molar-refractivity contribution is -0.138. The van der Waals surface area contributed by atoms with E-state index in [1.54, 1.807) is 11.0 Å². The van der Waals surface area contributed by atoms with Gasteiger partial charge in [0.05, 0.1) is 22.8 Å². The minimum Gasteiger partial charge on any atom is -0.448 e. The maximum Gasteiger partial charge on any atom is 0.417 e. The number of halogens is 3. The van der Waals surface area contributed by atoms with E-state index < -0.39 is 29.0 Å². The summed E-state index contributed by atoms with van der Waals surface area (Å²) >= 11 is 0. The van der Waals surface area contributed by atoms with Gasteiger partial charge in [-0.3, -0.25) is 0 Å². The molecule has 2 fully saturated rings. The van der Waals surface area contributed by atoms with Crippen LogP contribution in [0.15, 0.2) is 66.7 Å². The van der Waals surface area contributed by atoms with Gasteiger partial charge < -0.3 is 14.7 Å². The number of rotatable bonds is 3. The Morgan fingerprint density at radius 2 is 1.59 bits per heavy atom. The van der Waals surface area contributed by atoms with E-state index in [0.29, 0.717) is 12.8 Å². The monoisotopic (exact) mass is 532 g/mol. The third kappa shape index (κ3) is 4.35. The van der Waals surface area contributed by atoms with Gasteiger partial charge in [0.15, 0.2) is 0 Å². The van der Waals surface area contributed by atoms with Crippen LogP contribution in [-0.4, -0.2) is 34.8 Å². The molecule has 2 aliphatic heterocycles. The molecule has 5 nitrogen and oxygen atoms in total. The Hall–Kier alpha value is -3.83. The molecule has 3 aromatic rings. The Morgan fingerprint density at radius 3 is 2.15 bits per heavy atom. The van der Waals surface area contributed by atoms with Crippen molar-refractivity contribution in [2.45, 2.75) is 61.9 Å². The predicted molar refractivity (Wildman–Crippen MR) is 138 cm³/mol. The minimum absolute atomic E-state index is 0.0812. The van der Waals surface area contributed by atoms with Crippen molar-refractivity contribution in [2.75, 3.05) is 6.61 Å². The van der Waals surface area contributed by atoms with Gasteiger partial charge in [-0.2, -0.15) is 18.4 Å². The first-order valence-corrected chi connectivity index (χ1v) is 13.2. The molecule has 0 saturated carbocycles. The molecule has 3 aliphatic rings. The van der Waals surface area contributed by atoms with Crippen molar-refractivity contribution in [3.05, 3.63) is 94.5 Å². The topological polar surface area (TPSA) is 73.6 Å². The van der Waals surface area contributed by atoms with Gasteiger partial charge in [0.25, 0.3) is 0 Å². The van der Waals surface area contributed by atoms with Crippen molar-refractivity contribution in [2.24, 2.45) is 0 Å². The zero-order chi connectivity index (χ0) is 27.4. The Balaban J connectivity index is 1.22. The lowest BCUT2D eigenvalue weighted by Crippen LogP contribution is -2.59. The smallest absolute Gasteiger partial charge is 0.417 e. The fourth-order valence-electron chi connectivity index (χ4n) is 6.80.